The summed E-state index contributed by atoms with van der Waals surface area (Å²) < 4.78 is 46.5. The molecule has 2 aromatic rings. The molecule has 0 aliphatic carbocycles. The molecule has 0 saturated carbocycles. The van der Waals surface area contributed by atoms with Crippen molar-refractivity contribution in [3.8, 4) is 5.75 Å². The molecular weight excluding hydrogens is 401 g/mol. The third kappa shape index (κ3) is 3.80. The smallest absolute Gasteiger partial charge is 0.341 e. The number of benzene rings is 2. The SMILES string of the molecule is NC(=O)c1ccc(OC2CN(C(=O)N3N=CC[C@H]3c3cc(F)cc(F)c3)C2)cc1F. The van der Waals surface area contributed by atoms with E-state index >= 15 is 0 Å². The van der Waals surface area contributed by atoms with Crippen molar-refractivity contribution < 1.29 is 27.5 Å². The van der Waals surface area contributed by atoms with Gasteiger partial charge in [-0.05, 0) is 29.8 Å². The fourth-order valence-corrected chi connectivity index (χ4v) is 3.42. The minimum absolute atomic E-state index is 0.210. The Balaban J connectivity index is 1.37. The average Bonchev–Trinajstić information content (AvgIpc) is 3.12. The molecule has 0 radical (unpaired) electrons. The number of primary amides is 1. The number of urea groups is 1. The van der Waals surface area contributed by atoms with Crippen LogP contribution in [0.4, 0.5) is 18.0 Å². The highest BCUT2D eigenvalue weighted by Gasteiger charge is 2.39. The van der Waals surface area contributed by atoms with E-state index in [9.17, 15) is 22.8 Å². The monoisotopic (exact) mass is 418 g/mol. The number of hydrazone groups is 1. The van der Waals surface area contributed by atoms with Crippen molar-refractivity contribution in [2.45, 2.75) is 18.6 Å². The second-order valence-electron chi connectivity index (χ2n) is 7.03. The van der Waals surface area contributed by atoms with Gasteiger partial charge in [-0.1, -0.05) is 0 Å². The number of hydrogen-bond donors (Lipinski definition) is 1. The summed E-state index contributed by atoms with van der Waals surface area (Å²) in [5.41, 5.74) is 5.14. The normalized spacial score (nSPS) is 18.4. The molecule has 1 fully saturated rings. The maximum atomic E-state index is 13.8. The number of ether oxygens (including phenoxy) is 1. The number of amides is 3. The molecule has 0 bridgehead atoms. The lowest BCUT2D eigenvalue weighted by molar-refractivity contribution is 0.0275. The molecule has 2 aliphatic heterocycles. The van der Waals surface area contributed by atoms with Gasteiger partial charge in [0.1, 0.15) is 29.3 Å². The van der Waals surface area contributed by atoms with Gasteiger partial charge in [-0.15, -0.1) is 0 Å². The second-order valence-corrected chi connectivity index (χ2v) is 7.03. The summed E-state index contributed by atoms with van der Waals surface area (Å²) in [4.78, 5) is 25.3. The zero-order valence-corrected chi connectivity index (χ0v) is 15.6. The molecule has 30 heavy (non-hydrogen) atoms. The topological polar surface area (TPSA) is 88.2 Å². The van der Waals surface area contributed by atoms with Crippen molar-refractivity contribution >= 4 is 18.2 Å². The quantitative estimate of drug-likeness (QED) is 0.828. The summed E-state index contributed by atoms with van der Waals surface area (Å²) in [6.07, 6.45) is 1.49. The van der Waals surface area contributed by atoms with Crippen LogP contribution in [0.5, 0.6) is 5.75 Å². The van der Waals surface area contributed by atoms with E-state index in [-0.39, 0.29) is 30.5 Å². The Morgan fingerprint density at radius 3 is 2.40 bits per heavy atom. The van der Waals surface area contributed by atoms with Gasteiger partial charge in [0.25, 0.3) is 5.91 Å². The fourth-order valence-electron chi connectivity index (χ4n) is 3.42. The molecule has 4 rings (SSSR count). The van der Waals surface area contributed by atoms with E-state index in [4.69, 9.17) is 10.5 Å². The highest BCUT2D eigenvalue weighted by atomic mass is 19.1. The molecule has 156 valence electrons. The van der Waals surface area contributed by atoms with Crippen LogP contribution >= 0.6 is 0 Å². The van der Waals surface area contributed by atoms with Gasteiger partial charge in [-0.3, -0.25) is 4.79 Å². The Morgan fingerprint density at radius 2 is 1.77 bits per heavy atom. The first-order valence-corrected chi connectivity index (χ1v) is 9.14. The van der Waals surface area contributed by atoms with Crippen LogP contribution in [0.15, 0.2) is 41.5 Å². The number of rotatable bonds is 4. The standard InChI is InChI=1S/C20H17F3N4O3/c21-12-5-11(6-13(22)7-12)18-3-4-25-27(18)20(29)26-9-15(10-26)30-14-1-2-16(19(24)28)17(23)8-14/h1-2,4-8,15,18H,3,9-10H2,(H2,24,28)/t18-/m0/s1. The highest BCUT2D eigenvalue weighted by Crippen LogP contribution is 2.31. The van der Waals surface area contributed by atoms with Crippen LogP contribution in [-0.2, 0) is 0 Å². The van der Waals surface area contributed by atoms with Gasteiger partial charge >= 0.3 is 6.03 Å². The number of nitrogens with zero attached hydrogens (tertiary/aromatic N) is 3. The zero-order valence-electron chi connectivity index (χ0n) is 15.6. The van der Waals surface area contributed by atoms with Crippen LogP contribution in [0.25, 0.3) is 0 Å². The summed E-state index contributed by atoms with van der Waals surface area (Å²) in [6.45, 7) is 0.461. The molecule has 7 nitrogen and oxygen atoms in total. The van der Waals surface area contributed by atoms with Crippen molar-refractivity contribution in [1.29, 1.82) is 0 Å². The lowest BCUT2D eigenvalue weighted by Gasteiger charge is -2.41. The summed E-state index contributed by atoms with van der Waals surface area (Å²) in [7, 11) is 0. The molecular formula is C20H17F3N4O3. The summed E-state index contributed by atoms with van der Waals surface area (Å²) >= 11 is 0. The Kier molecular flexibility index (Phi) is 5.06. The summed E-state index contributed by atoms with van der Waals surface area (Å²) in [5, 5.41) is 5.23. The van der Waals surface area contributed by atoms with Crippen molar-refractivity contribution in [3.05, 3.63) is 65.0 Å². The number of carbonyl (C=O) groups is 2. The van der Waals surface area contributed by atoms with E-state index in [1.807, 2.05) is 0 Å². The Morgan fingerprint density at radius 1 is 1.07 bits per heavy atom. The number of nitrogens with two attached hydrogens (primary N) is 1. The minimum atomic E-state index is -0.877. The van der Waals surface area contributed by atoms with E-state index < -0.39 is 35.4 Å². The molecule has 2 N–H and O–H groups in total. The van der Waals surface area contributed by atoms with E-state index in [2.05, 4.69) is 5.10 Å². The van der Waals surface area contributed by atoms with Gasteiger partial charge in [-0.25, -0.2) is 23.0 Å². The average molecular weight is 418 g/mol. The lowest BCUT2D eigenvalue weighted by Crippen LogP contribution is -2.58. The first-order valence-electron chi connectivity index (χ1n) is 9.14. The predicted octanol–water partition coefficient (Wildman–Crippen LogP) is 2.82. The summed E-state index contributed by atoms with van der Waals surface area (Å²) in [5.74, 6) is -2.91. The predicted molar refractivity (Wildman–Crippen MR) is 100 cm³/mol. The number of carbonyl (C=O) groups excluding carboxylic acids is 2. The third-order valence-electron chi connectivity index (χ3n) is 4.92. The molecule has 2 aromatic carbocycles. The minimum Gasteiger partial charge on any atom is -0.487 e. The maximum Gasteiger partial charge on any atom is 0.341 e. The van der Waals surface area contributed by atoms with E-state index in [0.717, 1.165) is 12.1 Å². The Hall–Kier alpha value is -3.56. The second kappa shape index (κ2) is 7.69. The van der Waals surface area contributed by atoms with Crippen LogP contribution in [0.1, 0.15) is 28.4 Å². The van der Waals surface area contributed by atoms with Gasteiger partial charge in [0.2, 0.25) is 0 Å². The Bertz CT molecular complexity index is 1020. The molecule has 0 aromatic heterocycles. The Labute approximate surface area is 169 Å². The molecule has 1 atom stereocenters. The fraction of sp³-hybridized carbons (Fsp3) is 0.250. The highest BCUT2D eigenvalue weighted by molar-refractivity contribution is 5.93. The van der Waals surface area contributed by atoms with Crippen molar-refractivity contribution in [3.63, 3.8) is 0 Å². The van der Waals surface area contributed by atoms with Gasteiger partial charge < -0.3 is 15.4 Å². The molecule has 2 heterocycles. The van der Waals surface area contributed by atoms with Crippen molar-refractivity contribution in [1.82, 2.24) is 9.91 Å². The van der Waals surface area contributed by atoms with Crippen molar-refractivity contribution in [2.75, 3.05) is 13.1 Å². The first-order chi connectivity index (χ1) is 14.3. The van der Waals surface area contributed by atoms with E-state index in [1.54, 1.807) is 0 Å². The molecule has 2 aliphatic rings. The van der Waals surface area contributed by atoms with Gasteiger partial charge in [0, 0.05) is 24.8 Å². The van der Waals surface area contributed by atoms with Gasteiger partial charge in [0.05, 0.1) is 24.7 Å². The molecule has 0 spiro atoms. The molecule has 1 saturated heterocycles. The van der Waals surface area contributed by atoms with Crippen LogP contribution < -0.4 is 10.5 Å². The van der Waals surface area contributed by atoms with Crippen LogP contribution in [-0.4, -0.2) is 47.3 Å². The first kappa shape index (κ1) is 19.7. The van der Waals surface area contributed by atoms with E-state index in [1.165, 1.54) is 40.4 Å². The largest absolute Gasteiger partial charge is 0.487 e. The third-order valence-corrected chi connectivity index (χ3v) is 4.92. The van der Waals surface area contributed by atoms with Crippen LogP contribution in [0, 0.1) is 17.5 Å². The van der Waals surface area contributed by atoms with Gasteiger partial charge in [0.15, 0.2) is 0 Å². The van der Waals surface area contributed by atoms with E-state index in [0.29, 0.717) is 12.0 Å². The molecule has 0 unspecified atom stereocenters. The molecule has 10 heteroatoms. The number of hydrogen-bond acceptors (Lipinski definition) is 4. The van der Waals surface area contributed by atoms with Crippen LogP contribution in [0.2, 0.25) is 0 Å². The maximum absolute atomic E-state index is 13.8. The van der Waals surface area contributed by atoms with Crippen LogP contribution in [0.3, 0.4) is 0 Å². The number of halogens is 3. The zero-order chi connectivity index (χ0) is 21.4. The lowest BCUT2D eigenvalue weighted by atomic mass is 10.0. The summed E-state index contributed by atoms with van der Waals surface area (Å²) in [6, 6.07) is 5.81. The van der Waals surface area contributed by atoms with Gasteiger partial charge in [-0.2, -0.15) is 5.10 Å². The molecule has 3 amide bonds. The number of likely N-dealkylation sites (tertiary alicyclic amines) is 1. The van der Waals surface area contributed by atoms with Crippen molar-refractivity contribution in [2.24, 2.45) is 10.8 Å².